The Morgan fingerprint density at radius 3 is 2.68 bits per heavy atom. The summed E-state index contributed by atoms with van der Waals surface area (Å²) in [7, 11) is 0. The summed E-state index contributed by atoms with van der Waals surface area (Å²) in [4.78, 5) is 12.1. The third kappa shape index (κ3) is 3.80. The summed E-state index contributed by atoms with van der Waals surface area (Å²) in [6.07, 6.45) is 1.82. The summed E-state index contributed by atoms with van der Waals surface area (Å²) in [6.45, 7) is 8.11. The number of aryl methyl sites for hydroxylation is 2. The number of anilines is 2. The van der Waals surface area contributed by atoms with Gasteiger partial charge in [-0.15, -0.1) is 11.3 Å². The molecule has 0 unspecified atom stereocenters. The van der Waals surface area contributed by atoms with Gasteiger partial charge in [0.1, 0.15) is 0 Å². The van der Waals surface area contributed by atoms with Crippen LogP contribution < -0.4 is 15.6 Å². The number of thiophene rings is 1. The van der Waals surface area contributed by atoms with Crippen LogP contribution in [0.25, 0.3) is 0 Å². The van der Waals surface area contributed by atoms with Crippen molar-refractivity contribution in [2.45, 2.75) is 13.8 Å². The maximum atomic E-state index is 4.30. The van der Waals surface area contributed by atoms with Crippen molar-refractivity contribution < 1.29 is 0 Å². The molecule has 0 atom stereocenters. The van der Waals surface area contributed by atoms with Gasteiger partial charge in [-0.3, -0.25) is 0 Å². The third-order valence-corrected chi connectivity index (χ3v) is 4.46. The van der Waals surface area contributed by atoms with Crippen LogP contribution in [-0.2, 0) is 0 Å². The number of rotatable bonds is 4. The van der Waals surface area contributed by atoms with Crippen molar-refractivity contribution >= 4 is 28.5 Å². The number of nitrogens with zero attached hydrogens (tertiary/aromatic N) is 4. The van der Waals surface area contributed by atoms with Gasteiger partial charge in [-0.25, -0.2) is 15.4 Å². The van der Waals surface area contributed by atoms with Crippen LogP contribution in [0, 0.1) is 13.8 Å². The molecule has 0 saturated carbocycles. The summed E-state index contributed by atoms with van der Waals surface area (Å²) in [5.41, 5.74) is 4.76. The Morgan fingerprint density at radius 2 is 1.95 bits per heavy atom. The largest absolute Gasteiger partial charge is 0.361 e. The second-order valence-electron chi connectivity index (χ2n) is 5.26. The van der Waals surface area contributed by atoms with Crippen LogP contribution >= 0.6 is 11.3 Å². The predicted octanol–water partition coefficient (Wildman–Crippen LogP) is 2.01. The summed E-state index contributed by atoms with van der Waals surface area (Å²) < 4.78 is 0. The molecule has 0 bridgehead atoms. The molecule has 6 nitrogen and oxygen atoms in total. The highest BCUT2D eigenvalue weighted by Gasteiger charge is 2.11. The fourth-order valence-electron chi connectivity index (χ4n) is 2.40. The first-order chi connectivity index (χ1) is 10.7. The molecule has 1 aliphatic rings. The van der Waals surface area contributed by atoms with Crippen molar-refractivity contribution in [3.05, 3.63) is 34.5 Å². The zero-order valence-electron chi connectivity index (χ0n) is 12.8. The fourth-order valence-corrected chi connectivity index (χ4v) is 3.33. The van der Waals surface area contributed by atoms with Gasteiger partial charge in [0, 0.05) is 42.4 Å². The van der Waals surface area contributed by atoms with Crippen LogP contribution in [0.4, 0.5) is 10.9 Å². The van der Waals surface area contributed by atoms with Crippen LogP contribution in [0.15, 0.2) is 23.3 Å². The molecule has 116 valence electrons. The lowest BCUT2D eigenvalue weighted by atomic mass is 10.4. The quantitative estimate of drug-likeness (QED) is 0.667. The number of nitrogens with one attached hydrogen (secondary N) is 2. The smallest absolute Gasteiger partial charge is 0.243 e. The zero-order valence-corrected chi connectivity index (χ0v) is 13.7. The van der Waals surface area contributed by atoms with Crippen LogP contribution in [0.5, 0.6) is 0 Å². The minimum Gasteiger partial charge on any atom is -0.361 e. The number of hydrogen-bond acceptors (Lipinski definition) is 7. The van der Waals surface area contributed by atoms with Gasteiger partial charge in [-0.2, -0.15) is 5.10 Å². The van der Waals surface area contributed by atoms with Crippen molar-refractivity contribution in [3.63, 3.8) is 0 Å². The molecule has 1 aliphatic heterocycles. The van der Waals surface area contributed by atoms with Gasteiger partial charge in [-0.05, 0) is 32.0 Å². The topological polar surface area (TPSA) is 65.4 Å². The molecule has 2 aromatic heterocycles. The molecule has 2 aromatic rings. The van der Waals surface area contributed by atoms with E-state index in [4.69, 9.17) is 0 Å². The van der Waals surface area contributed by atoms with E-state index >= 15 is 0 Å². The van der Waals surface area contributed by atoms with Crippen LogP contribution in [0.3, 0.4) is 0 Å². The van der Waals surface area contributed by atoms with Gasteiger partial charge in [0.2, 0.25) is 5.95 Å². The minimum atomic E-state index is 0.535. The Balaban J connectivity index is 1.61. The van der Waals surface area contributed by atoms with E-state index in [1.165, 1.54) is 5.00 Å². The Hall–Kier alpha value is -1.99. The summed E-state index contributed by atoms with van der Waals surface area (Å²) in [5, 5.41) is 8.89. The van der Waals surface area contributed by atoms with Crippen molar-refractivity contribution in [2.24, 2.45) is 5.10 Å². The van der Waals surface area contributed by atoms with E-state index in [0.29, 0.717) is 5.95 Å². The van der Waals surface area contributed by atoms with Gasteiger partial charge in [0.05, 0.1) is 11.2 Å². The third-order valence-electron chi connectivity index (χ3n) is 3.38. The average molecular weight is 316 g/mol. The van der Waals surface area contributed by atoms with E-state index < -0.39 is 0 Å². The van der Waals surface area contributed by atoms with Crippen LogP contribution in [-0.4, -0.2) is 42.4 Å². The molecule has 0 radical (unpaired) electrons. The fraction of sp³-hybridized carbons (Fsp3) is 0.400. The molecule has 7 heteroatoms. The number of hydrogen-bond donors (Lipinski definition) is 2. The molecular formula is C15H20N6S. The SMILES string of the molecule is Cc1cc(C)nc(NN=Cc2ccc(N3CCNCC3)s2)n1. The highest BCUT2D eigenvalue weighted by atomic mass is 32.1. The number of hydrazone groups is 1. The molecule has 2 N–H and O–H groups in total. The van der Waals surface area contributed by atoms with Gasteiger partial charge in [0.15, 0.2) is 0 Å². The molecule has 0 spiro atoms. The molecule has 1 fully saturated rings. The summed E-state index contributed by atoms with van der Waals surface area (Å²) in [5.74, 6) is 0.535. The minimum absolute atomic E-state index is 0.535. The first-order valence-electron chi connectivity index (χ1n) is 7.37. The lowest BCUT2D eigenvalue weighted by molar-refractivity contribution is 0.592. The number of piperazine rings is 1. The van der Waals surface area contributed by atoms with E-state index in [9.17, 15) is 0 Å². The van der Waals surface area contributed by atoms with Crippen molar-refractivity contribution in [3.8, 4) is 0 Å². The molecule has 0 aliphatic carbocycles. The van der Waals surface area contributed by atoms with Gasteiger partial charge in [0.25, 0.3) is 0 Å². The van der Waals surface area contributed by atoms with Gasteiger partial charge in [-0.1, -0.05) is 0 Å². The number of aromatic nitrogens is 2. The second-order valence-corrected chi connectivity index (χ2v) is 6.35. The first-order valence-corrected chi connectivity index (χ1v) is 8.19. The Bertz CT molecular complexity index is 640. The molecule has 1 saturated heterocycles. The first kappa shape index (κ1) is 14.9. The standard InChI is InChI=1S/C15H20N6S/c1-11-9-12(2)19-15(18-11)20-17-10-13-3-4-14(22-13)21-7-5-16-6-8-21/h3-4,9-10,16H,5-8H2,1-2H3,(H,18,19,20). The highest BCUT2D eigenvalue weighted by Crippen LogP contribution is 2.25. The van der Waals surface area contributed by atoms with Gasteiger partial charge >= 0.3 is 0 Å². The average Bonchev–Trinajstić information content (AvgIpc) is 2.96. The molecular weight excluding hydrogens is 296 g/mol. The van der Waals surface area contributed by atoms with E-state index in [2.05, 4.69) is 42.8 Å². The Kier molecular flexibility index (Phi) is 4.65. The normalized spacial score (nSPS) is 15.5. The van der Waals surface area contributed by atoms with Crippen LogP contribution in [0.2, 0.25) is 0 Å². The van der Waals surface area contributed by atoms with E-state index in [1.54, 1.807) is 11.3 Å². The molecule has 3 rings (SSSR count). The second kappa shape index (κ2) is 6.85. The Morgan fingerprint density at radius 1 is 1.23 bits per heavy atom. The molecule has 0 aromatic carbocycles. The maximum absolute atomic E-state index is 4.30. The lowest BCUT2D eigenvalue weighted by Gasteiger charge is -2.27. The maximum Gasteiger partial charge on any atom is 0.243 e. The van der Waals surface area contributed by atoms with Crippen molar-refractivity contribution in [1.29, 1.82) is 0 Å². The van der Waals surface area contributed by atoms with Crippen molar-refractivity contribution in [1.82, 2.24) is 15.3 Å². The summed E-state index contributed by atoms with van der Waals surface area (Å²) in [6, 6.07) is 6.19. The monoisotopic (exact) mass is 316 g/mol. The van der Waals surface area contributed by atoms with Crippen molar-refractivity contribution in [2.75, 3.05) is 36.5 Å². The summed E-state index contributed by atoms with van der Waals surface area (Å²) >= 11 is 1.75. The zero-order chi connectivity index (χ0) is 15.4. The van der Waals surface area contributed by atoms with E-state index in [0.717, 1.165) is 42.4 Å². The predicted molar refractivity (Wildman–Crippen MR) is 92.1 cm³/mol. The van der Waals surface area contributed by atoms with Crippen LogP contribution in [0.1, 0.15) is 16.3 Å². The molecule has 22 heavy (non-hydrogen) atoms. The molecule has 0 amide bonds. The van der Waals surface area contributed by atoms with E-state index in [-0.39, 0.29) is 0 Å². The Labute approximate surface area is 134 Å². The molecule has 3 heterocycles. The van der Waals surface area contributed by atoms with E-state index in [1.807, 2.05) is 26.1 Å². The highest BCUT2D eigenvalue weighted by molar-refractivity contribution is 7.17. The van der Waals surface area contributed by atoms with Gasteiger partial charge < -0.3 is 10.2 Å². The lowest BCUT2D eigenvalue weighted by Crippen LogP contribution is -2.43.